The molecule has 0 saturated carbocycles. The molecule has 0 amide bonds. The summed E-state index contributed by atoms with van der Waals surface area (Å²) in [6.07, 6.45) is 7.70. The van der Waals surface area contributed by atoms with Gasteiger partial charge in [0.2, 0.25) is 11.9 Å². The Morgan fingerprint density at radius 1 is 0.513 bits per heavy atom. The van der Waals surface area contributed by atoms with Gasteiger partial charge in [-0.1, -0.05) is 0 Å². The molecular formula is C52H60F6N12O8. The summed E-state index contributed by atoms with van der Waals surface area (Å²) in [5.41, 5.74) is 1.35. The predicted molar refractivity (Wildman–Crippen MR) is 270 cm³/mol. The first-order valence-electron chi connectivity index (χ1n) is 25.4. The Bertz CT molecular complexity index is 2820. The van der Waals surface area contributed by atoms with Crippen molar-refractivity contribution >= 4 is 35.2 Å². The molecule has 26 heteroatoms. The van der Waals surface area contributed by atoms with Crippen molar-refractivity contribution < 1.29 is 65.1 Å². The summed E-state index contributed by atoms with van der Waals surface area (Å²) in [5.74, 6) is -4.40. The summed E-state index contributed by atoms with van der Waals surface area (Å²) >= 11 is 0. The number of aliphatic carboxylic acids is 2. The standard InChI is InChI=1S/2C24H27F3N6O2.C4H6O4/c2*1-15-28-13-22(33(15)17-2-6-34-7-3-17)23-20(27)12-29-24(31-23)30-21-11-18(25)16(10-19(21)26)14-32-4-8-35-9-5-32;5-3(6)1-2-4(7)8/h2*10-13,17H,2-9,14H2,1H3,(H,29,30,31);1-2H2,(H,5,6)(H,7,8). The number of hydrogen-bond acceptors (Lipinski definition) is 16. The van der Waals surface area contributed by atoms with Gasteiger partial charge < -0.3 is 48.9 Å². The molecule has 4 aromatic heterocycles. The van der Waals surface area contributed by atoms with Gasteiger partial charge in [0, 0.05) is 101 Å². The predicted octanol–water partition coefficient (Wildman–Crippen LogP) is 7.92. The van der Waals surface area contributed by atoms with Crippen LogP contribution in [0.5, 0.6) is 0 Å². The van der Waals surface area contributed by atoms with Crippen molar-refractivity contribution in [3.63, 3.8) is 0 Å². The number of nitrogens with one attached hydrogen (secondary N) is 2. The average Bonchev–Trinajstić information content (AvgIpc) is 4.08. The number of rotatable bonds is 15. The lowest BCUT2D eigenvalue weighted by atomic mass is 10.1. The molecule has 418 valence electrons. The Balaban J connectivity index is 0.000000181. The first kappa shape index (κ1) is 57.1. The van der Waals surface area contributed by atoms with E-state index in [1.165, 1.54) is 12.1 Å². The van der Waals surface area contributed by atoms with Gasteiger partial charge in [-0.25, -0.2) is 56.2 Å². The van der Waals surface area contributed by atoms with Crippen LogP contribution in [0.1, 0.15) is 73.4 Å². The van der Waals surface area contributed by atoms with Crippen LogP contribution in [-0.2, 0) is 41.6 Å². The highest BCUT2D eigenvalue weighted by atomic mass is 19.1. The summed E-state index contributed by atoms with van der Waals surface area (Å²) in [5, 5.41) is 21.2. The number of carboxylic acid groups (broad SMARTS) is 2. The van der Waals surface area contributed by atoms with Crippen molar-refractivity contribution in [3.8, 4) is 22.8 Å². The van der Waals surface area contributed by atoms with Crippen LogP contribution in [0.25, 0.3) is 22.8 Å². The molecule has 0 radical (unpaired) electrons. The Morgan fingerprint density at radius 3 is 1.23 bits per heavy atom. The zero-order valence-electron chi connectivity index (χ0n) is 43.0. The van der Waals surface area contributed by atoms with E-state index in [9.17, 15) is 35.9 Å². The zero-order valence-corrected chi connectivity index (χ0v) is 43.0. The first-order valence-corrected chi connectivity index (χ1v) is 25.4. The summed E-state index contributed by atoms with van der Waals surface area (Å²) in [6.45, 7) is 11.7. The third kappa shape index (κ3) is 14.9. The number of aryl methyl sites for hydroxylation is 2. The molecule has 78 heavy (non-hydrogen) atoms. The number of halogens is 6. The average molecular weight is 1100 g/mol. The lowest BCUT2D eigenvalue weighted by Gasteiger charge is -2.26. The number of nitrogens with zero attached hydrogens (tertiary/aromatic N) is 10. The SMILES string of the molecule is Cc1ncc(-c2nc(Nc3cc(F)c(CN4CCOCC4)cc3F)ncc2F)n1C1CCOCC1.Cc1ncc(-c2nc(Nc3cc(F)c(CN4CCOCC4)cc3F)ncc2F)n1C1CCOCC1.O=C(O)CCC(=O)O. The first-order chi connectivity index (χ1) is 37.6. The summed E-state index contributed by atoms with van der Waals surface area (Å²) in [7, 11) is 0. The maximum Gasteiger partial charge on any atom is 0.303 e. The second-order valence-electron chi connectivity index (χ2n) is 18.8. The van der Waals surface area contributed by atoms with Crippen LogP contribution < -0.4 is 10.6 Å². The number of hydrogen-bond donors (Lipinski definition) is 4. The Hall–Kier alpha value is -7.10. The topological polar surface area (TPSA) is 229 Å². The molecule has 0 aliphatic carbocycles. The van der Waals surface area contributed by atoms with Crippen LogP contribution in [0.3, 0.4) is 0 Å². The normalized spacial score (nSPS) is 16.7. The van der Waals surface area contributed by atoms with Gasteiger partial charge in [0.05, 0.1) is 86.8 Å². The van der Waals surface area contributed by atoms with Gasteiger partial charge in [-0.2, -0.15) is 0 Å². The van der Waals surface area contributed by atoms with Crippen LogP contribution in [0.15, 0.2) is 49.1 Å². The van der Waals surface area contributed by atoms with Crippen molar-refractivity contribution in [2.45, 2.75) is 77.5 Å². The smallest absolute Gasteiger partial charge is 0.303 e. The lowest BCUT2D eigenvalue weighted by molar-refractivity contribution is -0.143. The van der Waals surface area contributed by atoms with Crippen molar-refractivity contribution in [1.82, 2.24) is 48.8 Å². The molecule has 0 bridgehead atoms. The third-order valence-corrected chi connectivity index (χ3v) is 13.4. The third-order valence-electron chi connectivity index (χ3n) is 13.4. The number of benzene rings is 2. The van der Waals surface area contributed by atoms with Crippen molar-refractivity contribution in [1.29, 1.82) is 0 Å². The van der Waals surface area contributed by atoms with Crippen molar-refractivity contribution in [2.75, 3.05) is 89.7 Å². The summed E-state index contributed by atoms with van der Waals surface area (Å²) < 4.78 is 114. The fraction of sp³-hybridized carbons (Fsp3) is 0.462. The van der Waals surface area contributed by atoms with E-state index in [0.717, 1.165) is 61.9 Å². The number of imidazole rings is 2. The van der Waals surface area contributed by atoms with Crippen LogP contribution in [-0.4, -0.2) is 150 Å². The molecule has 4 saturated heterocycles. The van der Waals surface area contributed by atoms with Crippen molar-refractivity contribution in [2.24, 2.45) is 0 Å². The van der Waals surface area contributed by atoms with E-state index >= 15 is 0 Å². The number of carboxylic acids is 2. The highest BCUT2D eigenvalue weighted by Crippen LogP contribution is 2.34. The highest BCUT2D eigenvalue weighted by molar-refractivity contribution is 5.75. The molecule has 10 rings (SSSR count). The number of aromatic nitrogens is 8. The number of carbonyl (C=O) groups is 2. The van der Waals surface area contributed by atoms with E-state index in [1.807, 2.05) is 32.8 Å². The minimum Gasteiger partial charge on any atom is -0.481 e. The van der Waals surface area contributed by atoms with Crippen LogP contribution in [0, 0.1) is 48.8 Å². The number of anilines is 4. The second kappa shape index (κ2) is 27.0. The summed E-state index contributed by atoms with van der Waals surface area (Å²) in [4.78, 5) is 48.5. The Labute approximate surface area is 444 Å². The molecule has 0 spiro atoms. The van der Waals surface area contributed by atoms with Crippen LogP contribution in [0.4, 0.5) is 49.6 Å². The second-order valence-corrected chi connectivity index (χ2v) is 18.8. The zero-order chi connectivity index (χ0) is 55.3. The molecule has 4 fully saturated rings. The molecule has 20 nitrogen and oxygen atoms in total. The fourth-order valence-corrected chi connectivity index (χ4v) is 9.34. The fourth-order valence-electron chi connectivity index (χ4n) is 9.34. The summed E-state index contributed by atoms with van der Waals surface area (Å²) in [6, 6.07) is 4.71. The van der Waals surface area contributed by atoms with Gasteiger partial charge in [0.1, 0.15) is 46.3 Å². The van der Waals surface area contributed by atoms with Crippen molar-refractivity contribution in [3.05, 3.63) is 107 Å². The molecule has 6 aromatic rings. The largest absolute Gasteiger partial charge is 0.481 e. The molecule has 4 N–H and O–H groups in total. The molecule has 4 aliphatic heterocycles. The maximum atomic E-state index is 14.9. The van der Waals surface area contributed by atoms with E-state index in [1.54, 1.807) is 12.4 Å². The molecule has 4 aliphatic rings. The van der Waals surface area contributed by atoms with Gasteiger partial charge in [-0.3, -0.25) is 19.4 Å². The highest BCUT2D eigenvalue weighted by Gasteiger charge is 2.27. The van der Waals surface area contributed by atoms with Crippen LogP contribution in [0.2, 0.25) is 0 Å². The van der Waals surface area contributed by atoms with E-state index in [-0.39, 0.29) is 70.7 Å². The minimum absolute atomic E-state index is 0.0411. The molecule has 0 unspecified atom stereocenters. The van der Waals surface area contributed by atoms with E-state index in [2.05, 4.69) is 40.5 Å². The van der Waals surface area contributed by atoms with E-state index in [0.29, 0.717) is 104 Å². The molecule has 2 aromatic carbocycles. The monoisotopic (exact) mass is 1090 g/mol. The van der Waals surface area contributed by atoms with Gasteiger partial charge in [0.15, 0.2) is 11.6 Å². The van der Waals surface area contributed by atoms with E-state index < -0.39 is 46.8 Å². The quantitative estimate of drug-likeness (QED) is 0.0716. The number of ether oxygens (including phenoxy) is 4. The van der Waals surface area contributed by atoms with Gasteiger partial charge in [-0.15, -0.1) is 0 Å². The Morgan fingerprint density at radius 2 is 0.872 bits per heavy atom. The minimum atomic E-state index is -1.08. The maximum absolute atomic E-state index is 14.9. The van der Waals surface area contributed by atoms with Gasteiger partial charge in [-0.05, 0) is 51.7 Å². The molecule has 8 heterocycles. The molecular weight excluding hydrogens is 1030 g/mol. The lowest BCUT2D eigenvalue weighted by Crippen LogP contribution is -2.35. The van der Waals surface area contributed by atoms with Gasteiger partial charge in [0.25, 0.3) is 0 Å². The van der Waals surface area contributed by atoms with Crippen LogP contribution >= 0.6 is 0 Å². The van der Waals surface area contributed by atoms with Gasteiger partial charge >= 0.3 is 11.9 Å². The Kier molecular flexibility index (Phi) is 19.7. The number of morpholine rings is 2. The molecule has 0 atom stereocenters. The van der Waals surface area contributed by atoms with E-state index in [4.69, 9.17) is 29.2 Å².